The van der Waals surface area contributed by atoms with Gasteiger partial charge in [-0.25, -0.2) is 4.98 Å². The summed E-state index contributed by atoms with van der Waals surface area (Å²) < 4.78 is 11.2. The monoisotopic (exact) mass is 388 g/mol. The number of ether oxygens (including phenoxy) is 2. The van der Waals surface area contributed by atoms with Crippen molar-refractivity contribution in [3.8, 4) is 11.5 Å². The molecule has 0 saturated carbocycles. The van der Waals surface area contributed by atoms with Gasteiger partial charge in [-0.2, -0.15) is 0 Å². The third-order valence-electron chi connectivity index (χ3n) is 5.06. The molecule has 1 aliphatic rings. The Morgan fingerprint density at radius 2 is 1.86 bits per heavy atom. The Bertz CT molecular complexity index is 1040. The van der Waals surface area contributed by atoms with Crippen LogP contribution in [0.25, 0.3) is 23.1 Å². The molecule has 3 aromatic rings. The second kappa shape index (κ2) is 8.78. The zero-order valence-corrected chi connectivity index (χ0v) is 16.5. The van der Waals surface area contributed by atoms with Crippen LogP contribution in [0.15, 0.2) is 54.6 Å². The highest BCUT2D eigenvalue weighted by atomic mass is 16.5. The minimum Gasteiger partial charge on any atom is -0.493 e. The molecule has 0 aliphatic carbocycles. The van der Waals surface area contributed by atoms with Crippen LogP contribution >= 0.6 is 0 Å². The summed E-state index contributed by atoms with van der Waals surface area (Å²) in [5.41, 5.74) is 2.83. The van der Waals surface area contributed by atoms with Crippen molar-refractivity contribution in [1.82, 2.24) is 9.88 Å². The number of pyridine rings is 1. The standard InChI is InChI=1S/C24H24N2O3/c1-28-23-16-18(8-11-20-12-10-19-6-2-3-7-21(19)25-20)9-13-22(23)29-17-24(27)26-14-4-5-15-26/h2-3,6-13,16H,4-5,14-15,17H2,1H3. The maximum absolute atomic E-state index is 12.2. The summed E-state index contributed by atoms with van der Waals surface area (Å²) in [6.45, 7) is 1.68. The minimum atomic E-state index is 0.0240. The number of amides is 1. The number of hydrogen-bond acceptors (Lipinski definition) is 4. The number of carbonyl (C=O) groups excluding carboxylic acids is 1. The molecule has 1 fully saturated rings. The van der Waals surface area contributed by atoms with Crippen LogP contribution in [0, 0.1) is 0 Å². The first-order valence-electron chi connectivity index (χ1n) is 9.85. The third kappa shape index (κ3) is 4.57. The molecule has 1 amide bonds. The molecule has 0 unspecified atom stereocenters. The maximum atomic E-state index is 12.2. The quantitative estimate of drug-likeness (QED) is 0.627. The molecule has 2 aromatic carbocycles. The summed E-state index contributed by atoms with van der Waals surface area (Å²) >= 11 is 0. The average molecular weight is 388 g/mol. The van der Waals surface area contributed by atoms with E-state index in [0.29, 0.717) is 11.5 Å². The average Bonchev–Trinajstić information content (AvgIpc) is 3.31. The van der Waals surface area contributed by atoms with Gasteiger partial charge in [-0.1, -0.05) is 36.4 Å². The summed E-state index contributed by atoms with van der Waals surface area (Å²) in [4.78, 5) is 18.7. The van der Waals surface area contributed by atoms with Gasteiger partial charge in [0, 0.05) is 18.5 Å². The number of likely N-dealkylation sites (tertiary alicyclic amines) is 1. The molecule has 5 nitrogen and oxygen atoms in total. The van der Waals surface area contributed by atoms with E-state index in [9.17, 15) is 4.79 Å². The molecule has 1 aromatic heterocycles. The van der Waals surface area contributed by atoms with Crippen LogP contribution in [0.4, 0.5) is 0 Å². The van der Waals surface area contributed by atoms with E-state index in [0.717, 1.165) is 48.1 Å². The van der Waals surface area contributed by atoms with Crippen LogP contribution in [0.1, 0.15) is 24.1 Å². The molecule has 5 heteroatoms. The van der Waals surface area contributed by atoms with Crippen molar-refractivity contribution in [2.45, 2.75) is 12.8 Å². The van der Waals surface area contributed by atoms with Crippen molar-refractivity contribution in [1.29, 1.82) is 0 Å². The molecule has 0 N–H and O–H groups in total. The van der Waals surface area contributed by atoms with Crippen molar-refractivity contribution >= 4 is 29.0 Å². The number of hydrogen-bond donors (Lipinski definition) is 0. The molecule has 0 bridgehead atoms. The topological polar surface area (TPSA) is 51.7 Å². The fourth-order valence-corrected chi connectivity index (χ4v) is 3.46. The second-order valence-corrected chi connectivity index (χ2v) is 7.05. The Balaban J connectivity index is 1.45. The van der Waals surface area contributed by atoms with Crippen molar-refractivity contribution in [2.24, 2.45) is 0 Å². The van der Waals surface area contributed by atoms with Crippen molar-refractivity contribution in [3.63, 3.8) is 0 Å². The third-order valence-corrected chi connectivity index (χ3v) is 5.06. The highest BCUT2D eigenvalue weighted by Crippen LogP contribution is 2.29. The molecule has 4 rings (SSSR count). The number of rotatable bonds is 6. The van der Waals surface area contributed by atoms with Crippen molar-refractivity contribution in [3.05, 3.63) is 65.9 Å². The first-order chi connectivity index (χ1) is 14.2. The number of fused-ring (bicyclic) bond motifs is 1. The maximum Gasteiger partial charge on any atom is 0.260 e. The van der Waals surface area contributed by atoms with Crippen LogP contribution < -0.4 is 9.47 Å². The van der Waals surface area contributed by atoms with Crippen LogP contribution in [0.2, 0.25) is 0 Å². The zero-order valence-electron chi connectivity index (χ0n) is 16.5. The minimum absolute atomic E-state index is 0.0240. The normalized spacial score (nSPS) is 13.9. The lowest BCUT2D eigenvalue weighted by Gasteiger charge is -2.16. The van der Waals surface area contributed by atoms with Gasteiger partial charge < -0.3 is 14.4 Å². The molecule has 148 valence electrons. The highest BCUT2D eigenvalue weighted by molar-refractivity contribution is 5.81. The number of nitrogens with zero attached hydrogens (tertiary/aromatic N) is 2. The van der Waals surface area contributed by atoms with Crippen molar-refractivity contribution in [2.75, 3.05) is 26.8 Å². The zero-order chi connectivity index (χ0) is 20.1. The Morgan fingerprint density at radius 3 is 2.69 bits per heavy atom. The predicted octanol–water partition coefficient (Wildman–Crippen LogP) is 4.42. The lowest BCUT2D eigenvalue weighted by Crippen LogP contribution is -2.32. The molecule has 29 heavy (non-hydrogen) atoms. The van der Waals surface area contributed by atoms with E-state index >= 15 is 0 Å². The van der Waals surface area contributed by atoms with E-state index in [4.69, 9.17) is 9.47 Å². The summed E-state index contributed by atoms with van der Waals surface area (Å²) in [5, 5.41) is 1.12. The van der Waals surface area contributed by atoms with Gasteiger partial charge in [0.05, 0.1) is 18.3 Å². The van der Waals surface area contributed by atoms with Gasteiger partial charge in [0.15, 0.2) is 18.1 Å². The lowest BCUT2D eigenvalue weighted by atomic mass is 10.1. The van der Waals surface area contributed by atoms with Gasteiger partial charge in [-0.15, -0.1) is 0 Å². The summed E-state index contributed by atoms with van der Waals surface area (Å²) in [5.74, 6) is 1.20. The van der Waals surface area contributed by atoms with E-state index in [2.05, 4.69) is 11.1 Å². The molecule has 2 heterocycles. The summed E-state index contributed by atoms with van der Waals surface area (Å²) in [7, 11) is 1.60. The molecule has 1 saturated heterocycles. The van der Waals surface area contributed by atoms with Gasteiger partial charge >= 0.3 is 0 Å². The number of para-hydroxylation sites is 1. The molecule has 0 spiro atoms. The summed E-state index contributed by atoms with van der Waals surface area (Å²) in [6.07, 6.45) is 6.10. The largest absolute Gasteiger partial charge is 0.493 e. The van der Waals surface area contributed by atoms with Gasteiger partial charge in [0.2, 0.25) is 0 Å². The molecule has 0 radical (unpaired) electrons. The van der Waals surface area contributed by atoms with Crippen LogP contribution in [-0.2, 0) is 4.79 Å². The van der Waals surface area contributed by atoms with Crippen molar-refractivity contribution < 1.29 is 14.3 Å². The van der Waals surface area contributed by atoms with Gasteiger partial charge in [0.1, 0.15) is 0 Å². The molecule has 0 atom stereocenters. The van der Waals surface area contributed by atoms with E-state index in [1.54, 1.807) is 7.11 Å². The molecular formula is C24H24N2O3. The van der Waals surface area contributed by atoms with Gasteiger partial charge in [-0.05, 0) is 48.7 Å². The van der Waals surface area contributed by atoms with Crippen LogP contribution in [-0.4, -0.2) is 42.6 Å². The smallest absolute Gasteiger partial charge is 0.260 e. The number of benzene rings is 2. The molecular weight excluding hydrogens is 364 g/mol. The van der Waals surface area contributed by atoms with Gasteiger partial charge in [0.25, 0.3) is 5.91 Å². The Hall–Kier alpha value is -3.34. The fourth-order valence-electron chi connectivity index (χ4n) is 3.46. The SMILES string of the molecule is COc1cc(C=Cc2ccc3ccccc3n2)ccc1OCC(=O)N1CCCC1. The first-order valence-corrected chi connectivity index (χ1v) is 9.85. The Morgan fingerprint density at radius 1 is 1.03 bits per heavy atom. The number of carbonyl (C=O) groups is 1. The summed E-state index contributed by atoms with van der Waals surface area (Å²) in [6, 6.07) is 17.8. The molecule has 1 aliphatic heterocycles. The highest BCUT2D eigenvalue weighted by Gasteiger charge is 2.18. The van der Waals surface area contributed by atoms with E-state index in [-0.39, 0.29) is 12.5 Å². The van der Waals surface area contributed by atoms with Crippen LogP contribution in [0.3, 0.4) is 0 Å². The van der Waals surface area contributed by atoms with Crippen LogP contribution in [0.5, 0.6) is 11.5 Å². The first kappa shape index (κ1) is 19.0. The van der Waals surface area contributed by atoms with E-state index in [1.807, 2.05) is 65.6 Å². The number of aromatic nitrogens is 1. The fraction of sp³-hybridized carbons (Fsp3) is 0.250. The Kier molecular flexibility index (Phi) is 5.75. The predicted molar refractivity (Wildman–Crippen MR) is 115 cm³/mol. The van der Waals surface area contributed by atoms with Gasteiger partial charge in [-0.3, -0.25) is 4.79 Å². The Labute approximate surface area is 170 Å². The number of methoxy groups -OCH3 is 1. The second-order valence-electron chi connectivity index (χ2n) is 7.05. The van der Waals surface area contributed by atoms with E-state index < -0.39 is 0 Å². The van der Waals surface area contributed by atoms with E-state index in [1.165, 1.54) is 0 Å². The lowest BCUT2D eigenvalue weighted by molar-refractivity contribution is -0.132.